The number of benzene rings is 1. The minimum absolute atomic E-state index is 0.148. The van der Waals surface area contributed by atoms with Gasteiger partial charge in [-0.2, -0.15) is 0 Å². The van der Waals surface area contributed by atoms with E-state index in [-0.39, 0.29) is 11.6 Å². The standard InChI is InChI=1S/C15H16FN3O/c1-2-19(10-12-5-3-4-8-18-12)15(20)13-7-6-11(16)9-14(13)17/h3-9H,2,10,17H2,1H3. The van der Waals surface area contributed by atoms with Crippen molar-refractivity contribution in [2.24, 2.45) is 0 Å². The third-order valence-electron chi connectivity index (χ3n) is 2.99. The van der Waals surface area contributed by atoms with E-state index in [4.69, 9.17) is 5.73 Å². The van der Waals surface area contributed by atoms with E-state index in [0.717, 1.165) is 11.8 Å². The fraction of sp³-hybridized carbons (Fsp3) is 0.200. The normalized spacial score (nSPS) is 10.3. The molecule has 2 rings (SSSR count). The Morgan fingerprint density at radius 2 is 2.15 bits per heavy atom. The minimum atomic E-state index is -0.452. The van der Waals surface area contributed by atoms with Crippen LogP contribution in [0.3, 0.4) is 0 Å². The van der Waals surface area contributed by atoms with Crippen LogP contribution in [0.5, 0.6) is 0 Å². The van der Waals surface area contributed by atoms with Gasteiger partial charge in [0.05, 0.1) is 17.8 Å². The van der Waals surface area contributed by atoms with Crippen LogP contribution in [0, 0.1) is 5.82 Å². The number of halogens is 1. The van der Waals surface area contributed by atoms with E-state index >= 15 is 0 Å². The molecule has 1 aromatic heterocycles. The molecular weight excluding hydrogens is 257 g/mol. The maximum atomic E-state index is 13.0. The van der Waals surface area contributed by atoms with Crippen molar-refractivity contribution in [3.63, 3.8) is 0 Å². The Balaban J connectivity index is 2.21. The summed E-state index contributed by atoms with van der Waals surface area (Å²) in [5.41, 5.74) is 6.96. The summed E-state index contributed by atoms with van der Waals surface area (Å²) in [7, 11) is 0. The Labute approximate surface area is 117 Å². The molecule has 2 aromatic rings. The van der Waals surface area contributed by atoms with Crippen molar-refractivity contribution in [1.82, 2.24) is 9.88 Å². The highest BCUT2D eigenvalue weighted by atomic mass is 19.1. The molecule has 104 valence electrons. The van der Waals surface area contributed by atoms with E-state index < -0.39 is 5.82 Å². The smallest absolute Gasteiger partial charge is 0.256 e. The first-order valence-electron chi connectivity index (χ1n) is 6.36. The summed E-state index contributed by atoms with van der Waals surface area (Å²) in [6.45, 7) is 2.79. The zero-order valence-electron chi connectivity index (χ0n) is 11.2. The Morgan fingerprint density at radius 3 is 2.75 bits per heavy atom. The van der Waals surface area contributed by atoms with Gasteiger partial charge in [0.2, 0.25) is 0 Å². The van der Waals surface area contributed by atoms with E-state index in [2.05, 4.69) is 4.98 Å². The number of nitrogen functional groups attached to an aromatic ring is 1. The molecule has 0 radical (unpaired) electrons. The molecule has 2 N–H and O–H groups in total. The molecule has 0 bridgehead atoms. The summed E-state index contributed by atoms with van der Waals surface area (Å²) >= 11 is 0. The SMILES string of the molecule is CCN(Cc1ccccn1)C(=O)c1ccc(F)cc1N. The number of anilines is 1. The predicted molar refractivity (Wildman–Crippen MR) is 75.5 cm³/mol. The molecule has 0 spiro atoms. The summed E-state index contributed by atoms with van der Waals surface area (Å²) in [6.07, 6.45) is 1.68. The lowest BCUT2D eigenvalue weighted by Crippen LogP contribution is -2.31. The van der Waals surface area contributed by atoms with Crippen LogP contribution < -0.4 is 5.73 Å². The van der Waals surface area contributed by atoms with Crippen LogP contribution in [0.15, 0.2) is 42.6 Å². The van der Waals surface area contributed by atoms with Gasteiger partial charge in [0, 0.05) is 18.4 Å². The molecule has 0 unspecified atom stereocenters. The molecular formula is C15H16FN3O. The first-order chi connectivity index (χ1) is 9.61. The number of carbonyl (C=O) groups excluding carboxylic acids is 1. The average molecular weight is 273 g/mol. The van der Waals surface area contributed by atoms with E-state index in [1.807, 2.05) is 25.1 Å². The number of nitrogens with two attached hydrogens (primary N) is 1. The number of aromatic nitrogens is 1. The Morgan fingerprint density at radius 1 is 1.35 bits per heavy atom. The summed E-state index contributed by atoms with van der Waals surface area (Å²) in [4.78, 5) is 18.2. The summed E-state index contributed by atoms with van der Waals surface area (Å²) < 4.78 is 13.0. The van der Waals surface area contributed by atoms with Crippen molar-refractivity contribution in [2.75, 3.05) is 12.3 Å². The van der Waals surface area contributed by atoms with Crippen LogP contribution in [-0.4, -0.2) is 22.3 Å². The van der Waals surface area contributed by atoms with Crippen molar-refractivity contribution in [3.05, 3.63) is 59.7 Å². The zero-order chi connectivity index (χ0) is 14.5. The monoisotopic (exact) mass is 273 g/mol. The van der Waals surface area contributed by atoms with Crippen LogP contribution in [-0.2, 0) is 6.54 Å². The quantitative estimate of drug-likeness (QED) is 0.870. The summed E-state index contributed by atoms with van der Waals surface area (Å²) in [6, 6.07) is 9.34. The van der Waals surface area contributed by atoms with Crippen LogP contribution in [0.25, 0.3) is 0 Å². The minimum Gasteiger partial charge on any atom is -0.398 e. The maximum absolute atomic E-state index is 13.0. The number of carbonyl (C=O) groups is 1. The van der Waals surface area contributed by atoms with Crippen molar-refractivity contribution in [3.8, 4) is 0 Å². The van der Waals surface area contributed by atoms with Crippen molar-refractivity contribution < 1.29 is 9.18 Å². The maximum Gasteiger partial charge on any atom is 0.256 e. The van der Waals surface area contributed by atoms with E-state index in [0.29, 0.717) is 18.7 Å². The highest BCUT2D eigenvalue weighted by molar-refractivity contribution is 5.99. The lowest BCUT2D eigenvalue weighted by Gasteiger charge is -2.21. The van der Waals surface area contributed by atoms with Crippen molar-refractivity contribution in [2.45, 2.75) is 13.5 Å². The van der Waals surface area contributed by atoms with Gasteiger partial charge in [0.1, 0.15) is 5.82 Å². The number of amides is 1. The van der Waals surface area contributed by atoms with Crippen LogP contribution in [0.4, 0.5) is 10.1 Å². The van der Waals surface area contributed by atoms with Gasteiger partial charge in [0.15, 0.2) is 0 Å². The van der Waals surface area contributed by atoms with E-state index in [1.54, 1.807) is 11.1 Å². The highest BCUT2D eigenvalue weighted by Crippen LogP contribution is 2.16. The second kappa shape index (κ2) is 6.14. The number of hydrogen-bond donors (Lipinski definition) is 1. The zero-order valence-corrected chi connectivity index (χ0v) is 11.2. The molecule has 4 nitrogen and oxygen atoms in total. The number of pyridine rings is 1. The topological polar surface area (TPSA) is 59.2 Å². The van der Waals surface area contributed by atoms with Crippen molar-refractivity contribution in [1.29, 1.82) is 0 Å². The molecule has 0 saturated carbocycles. The van der Waals surface area contributed by atoms with Crippen LogP contribution in [0.2, 0.25) is 0 Å². The van der Waals surface area contributed by atoms with Gasteiger partial charge in [-0.15, -0.1) is 0 Å². The number of hydrogen-bond acceptors (Lipinski definition) is 3. The van der Waals surface area contributed by atoms with Gasteiger partial charge in [-0.3, -0.25) is 9.78 Å². The number of nitrogens with zero attached hydrogens (tertiary/aromatic N) is 2. The second-order valence-corrected chi connectivity index (χ2v) is 4.37. The summed E-state index contributed by atoms with van der Waals surface area (Å²) in [5.74, 6) is -0.678. The van der Waals surface area contributed by atoms with Gasteiger partial charge in [-0.1, -0.05) is 6.07 Å². The first kappa shape index (κ1) is 14.0. The molecule has 5 heteroatoms. The van der Waals surface area contributed by atoms with E-state index in [9.17, 15) is 9.18 Å². The summed E-state index contributed by atoms with van der Waals surface area (Å²) in [5, 5.41) is 0. The largest absolute Gasteiger partial charge is 0.398 e. The van der Waals surface area contributed by atoms with E-state index in [1.165, 1.54) is 12.1 Å². The fourth-order valence-corrected chi connectivity index (χ4v) is 1.91. The Kier molecular flexibility index (Phi) is 4.30. The van der Waals surface area contributed by atoms with Crippen molar-refractivity contribution >= 4 is 11.6 Å². The Hall–Kier alpha value is -2.43. The molecule has 0 atom stereocenters. The molecule has 0 saturated heterocycles. The van der Waals surface area contributed by atoms with Crippen LogP contribution in [0.1, 0.15) is 23.0 Å². The molecule has 1 heterocycles. The van der Waals surface area contributed by atoms with Gasteiger partial charge in [0.25, 0.3) is 5.91 Å². The first-order valence-corrected chi connectivity index (χ1v) is 6.36. The number of rotatable bonds is 4. The molecule has 1 aromatic carbocycles. The molecule has 0 aliphatic carbocycles. The predicted octanol–water partition coefficient (Wildman–Crippen LogP) is 2.47. The van der Waals surface area contributed by atoms with Gasteiger partial charge >= 0.3 is 0 Å². The highest BCUT2D eigenvalue weighted by Gasteiger charge is 2.17. The molecule has 1 amide bonds. The lowest BCUT2D eigenvalue weighted by molar-refractivity contribution is 0.0751. The average Bonchev–Trinajstić information content (AvgIpc) is 2.45. The van der Waals surface area contributed by atoms with Gasteiger partial charge < -0.3 is 10.6 Å². The van der Waals surface area contributed by atoms with Crippen LogP contribution >= 0.6 is 0 Å². The molecule has 20 heavy (non-hydrogen) atoms. The second-order valence-electron chi connectivity index (χ2n) is 4.37. The molecule has 0 aliphatic heterocycles. The van der Waals surface area contributed by atoms with Gasteiger partial charge in [-0.25, -0.2) is 4.39 Å². The van der Waals surface area contributed by atoms with Gasteiger partial charge in [-0.05, 0) is 37.3 Å². The molecule has 0 fully saturated rings. The fourth-order valence-electron chi connectivity index (χ4n) is 1.91. The third kappa shape index (κ3) is 3.12. The lowest BCUT2D eigenvalue weighted by atomic mass is 10.1. The third-order valence-corrected chi connectivity index (χ3v) is 2.99. The molecule has 0 aliphatic rings. The Bertz CT molecular complexity index is 601.